The first kappa shape index (κ1) is 17.8. The first-order chi connectivity index (χ1) is 11.3. The standard InChI is InChI=1S/C17H17F3N2O2/c1-11(2)24-22-15(17(18,19)20)10-21-16(23)14-9-5-7-12-6-3-4-8-13(12)14/h3-9,11H,10H2,1-2H3,(H,21,23). The molecule has 2 aromatic carbocycles. The number of hydrogen-bond donors (Lipinski definition) is 1. The predicted molar refractivity (Wildman–Crippen MR) is 86.0 cm³/mol. The fourth-order valence-corrected chi connectivity index (χ4v) is 2.04. The predicted octanol–water partition coefficient (Wildman–Crippen LogP) is 3.91. The van der Waals surface area contributed by atoms with Crippen molar-refractivity contribution < 1.29 is 22.8 Å². The van der Waals surface area contributed by atoms with E-state index in [9.17, 15) is 18.0 Å². The number of benzene rings is 2. The van der Waals surface area contributed by atoms with Crippen LogP contribution in [0.1, 0.15) is 24.2 Å². The largest absolute Gasteiger partial charge is 0.434 e. The van der Waals surface area contributed by atoms with E-state index in [-0.39, 0.29) is 0 Å². The van der Waals surface area contributed by atoms with Crippen LogP contribution < -0.4 is 5.32 Å². The molecule has 0 atom stereocenters. The van der Waals surface area contributed by atoms with Crippen molar-refractivity contribution in [1.82, 2.24) is 5.32 Å². The van der Waals surface area contributed by atoms with Crippen molar-refractivity contribution in [2.24, 2.45) is 5.16 Å². The minimum atomic E-state index is -4.68. The number of fused-ring (bicyclic) bond motifs is 1. The van der Waals surface area contributed by atoms with Gasteiger partial charge < -0.3 is 10.2 Å². The Morgan fingerprint density at radius 1 is 1.17 bits per heavy atom. The van der Waals surface area contributed by atoms with Gasteiger partial charge in [-0.1, -0.05) is 41.6 Å². The van der Waals surface area contributed by atoms with Crippen LogP contribution in [0.15, 0.2) is 47.6 Å². The Kier molecular flexibility index (Phi) is 5.43. The number of alkyl halides is 3. The number of nitrogens with one attached hydrogen (secondary N) is 1. The van der Waals surface area contributed by atoms with Gasteiger partial charge in [-0.15, -0.1) is 0 Å². The Bertz CT molecular complexity index is 750. The molecule has 7 heteroatoms. The van der Waals surface area contributed by atoms with Crippen LogP contribution in [0, 0.1) is 0 Å². The molecule has 128 valence electrons. The van der Waals surface area contributed by atoms with Gasteiger partial charge in [0.2, 0.25) is 0 Å². The molecule has 0 aliphatic carbocycles. The van der Waals surface area contributed by atoms with Crippen LogP contribution in [0.4, 0.5) is 13.2 Å². The summed E-state index contributed by atoms with van der Waals surface area (Å²) < 4.78 is 38.7. The third kappa shape index (κ3) is 4.47. The number of nitrogens with zero attached hydrogens (tertiary/aromatic N) is 1. The van der Waals surface area contributed by atoms with Crippen molar-refractivity contribution >= 4 is 22.4 Å². The van der Waals surface area contributed by atoms with Crippen molar-refractivity contribution in [3.05, 3.63) is 48.0 Å². The van der Waals surface area contributed by atoms with E-state index in [1.807, 2.05) is 18.2 Å². The number of carbonyl (C=O) groups excluding carboxylic acids is 1. The van der Waals surface area contributed by atoms with E-state index >= 15 is 0 Å². The van der Waals surface area contributed by atoms with Crippen LogP contribution in [-0.4, -0.2) is 30.4 Å². The van der Waals surface area contributed by atoms with Crippen molar-refractivity contribution in [3.8, 4) is 0 Å². The molecule has 24 heavy (non-hydrogen) atoms. The summed E-state index contributed by atoms with van der Waals surface area (Å²) in [6.07, 6.45) is -5.17. The van der Waals surface area contributed by atoms with Crippen LogP contribution in [0.3, 0.4) is 0 Å². The maximum Gasteiger partial charge on any atom is 0.434 e. The third-order valence-electron chi connectivity index (χ3n) is 3.15. The zero-order valence-electron chi connectivity index (χ0n) is 13.2. The van der Waals surface area contributed by atoms with Gasteiger partial charge in [-0.2, -0.15) is 13.2 Å². The average Bonchev–Trinajstić information content (AvgIpc) is 2.52. The molecule has 0 spiro atoms. The quantitative estimate of drug-likeness (QED) is 0.664. The highest BCUT2D eigenvalue weighted by molar-refractivity contribution is 6.08. The fraction of sp³-hybridized carbons (Fsp3) is 0.294. The lowest BCUT2D eigenvalue weighted by atomic mass is 10.0. The molecule has 0 aliphatic rings. The minimum Gasteiger partial charge on any atom is -0.393 e. The van der Waals surface area contributed by atoms with E-state index < -0.39 is 30.4 Å². The summed E-state index contributed by atoms with van der Waals surface area (Å²) in [6, 6.07) is 12.2. The van der Waals surface area contributed by atoms with Gasteiger partial charge in [0.05, 0.1) is 6.54 Å². The van der Waals surface area contributed by atoms with Crippen LogP contribution in [0.2, 0.25) is 0 Å². The first-order valence-corrected chi connectivity index (χ1v) is 7.35. The Labute approximate surface area is 137 Å². The second kappa shape index (κ2) is 7.33. The van der Waals surface area contributed by atoms with Gasteiger partial charge in [-0.3, -0.25) is 4.79 Å². The van der Waals surface area contributed by atoms with Crippen LogP contribution in [0.25, 0.3) is 10.8 Å². The van der Waals surface area contributed by atoms with E-state index in [0.717, 1.165) is 5.39 Å². The Morgan fingerprint density at radius 3 is 2.50 bits per heavy atom. The molecule has 0 bridgehead atoms. The molecular weight excluding hydrogens is 321 g/mol. The topological polar surface area (TPSA) is 50.7 Å². The smallest absolute Gasteiger partial charge is 0.393 e. The molecule has 0 aliphatic heterocycles. The van der Waals surface area contributed by atoms with E-state index in [2.05, 4.69) is 15.3 Å². The summed E-state index contributed by atoms with van der Waals surface area (Å²) in [4.78, 5) is 16.9. The van der Waals surface area contributed by atoms with Gasteiger partial charge in [-0.25, -0.2) is 0 Å². The van der Waals surface area contributed by atoms with E-state index in [4.69, 9.17) is 0 Å². The number of amides is 1. The summed E-state index contributed by atoms with van der Waals surface area (Å²) in [5, 5.41) is 6.85. The highest BCUT2D eigenvalue weighted by Gasteiger charge is 2.37. The van der Waals surface area contributed by atoms with Gasteiger partial charge >= 0.3 is 6.18 Å². The molecule has 0 fully saturated rings. The molecule has 0 heterocycles. The molecule has 0 unspecified atom stereocenters. The van der Waals surface area contributed by atoms with Gasteiger partial charge in [0, 0.05) is 5.56 Å². The maximum absolute atomic E-state index is 12.9. The Balaban J connectivity index is 2.17. The van der Waals surface area contributed by atoms with E-state index in [1.54, 1.807) is 38.1 Å². The molecule has 1 N–H and O–H groups in total. The Hall–Kier alpha value is -2.57. The van der Waals surface area contributed by atoms with Crippen LogP contribution in [0.5, 0.6) is 0 Å². The van der Waals surface area contributed by atoms with Gasteiger partial charge in [0.1, 0.15) is 6.10 Å². The van der Waals surface area contributed by atoms with E-state index in [0.29, 0.717) is 10.9 Å². The fourth-order valence-electron chi connectivity index (χ4n) is 2.04. The lowest BCUT2D eigenvalue weighted by molar-refractivity contribution is -0.0645. The van der Waals surface area contributed by atoms with Crippen LogP contribution >= 0.6 is 0 Å². The highest BCUT2D eigenvalue weighted by Crippen LogP contribution is 2.20. The molecule has 4 nitrogen and oxygen atoms in total. The normalized spacial score (nSPS) is 12.5. The summed E-state index contributed by atoms with van der Waals surface area (Å²) in [5.74, 6) is -0.603. The van der Waals surface area contributed by atoms with Crippen molar-refractivity contribution in [2.45, 2.75) is 26.1 Å². The Morgan fingerprint density at radius 2 is 1.83 bits per heavy atom. The van der Waals surface area contributed by atoms with Crippen molar-refractivity contribution in [1.29, 1.82) is 0 Å². The second-order valence-corrected chi connectivity index (χ2v) is 5.40. The molecular formula is C17H17F3N2O2. The second-order valence-electron chi connectivity index (χ2n) is 5.40. The highest BCUT2D eigenvalue weighted by atomic mass is 19.4. The molecule has 1 amide bonds. The zero-order chi connectivity index (χ0) is 17.7. The lowest BCUT2D eigenvalue weighted by Gasteiger charge is -2.13. The minimum absolute atomic E-state index is 0.305. The number of hydrogen-bond acceptors (Lipinski definition) is 3. The number of halogens is 3. The maximum atomic E-state index is 12.9. The van der Waals surface area contributed by atoms with Crippen LogP contribution in [-0.2, 0) is 4.84 Å². The lowest BCUT2D eigenvalue weighted by Crippen LogP contribution is -2.37. The molecule has 0 saturated heterocycles. The summed E-state index contributed by atoms with van der Waals surface area (Å²) in [7, 11) is 0. The molecule has 0 radical (unpaired) electrons. The molecule has 0 aromatic heterocycles. The molecule has 2 rings (SSSR count). The van der Waals surface area contributed by atoms with Gasteiger partial charge in [0.15, 0.2) is 5.71 Å². The molecule has 0 saturated carbocycles. The summed E-state index contributed by atoms with van der Waals surface area (Å²) in [5.41, 5.74) is -0.885. The van der Waals surface area contributed by atoms with Crippen molar-refractivity contribution in [2.75, 3.05) is 6.54 Å². The van der Waals surface area contributed by atoms with E-state index in [1.165, 1.54) is 0 Å². The average molecular weight is 338 g/mol. The zero-order valence-corrected chi connectivity index (χ0v) is 13.2. The monoisotopic (exact) mass is 338 g/mol. The number of oxime groups is 1. The number of rotatable bonds is 5. The summed E-state index contributed by atoms with van der Waals surface area (Å²) >= 11 is 0. The first-order valence-electron chi connectivity index (χ1n) is 7.35. The van der Waals surface area contributed by atoms with Gasteiger partial charge in [0.25, 0.3) is 5.91 Å². The van der Waals surface area contributed by atoms with Gasteiger partial charge in [-0.05, 0) is 30.7 Å². The number of carbonyl (C=O) groups is 1. The van der Waals surface area contributed by atoms with Crippen molar-refractivity contribution in [3.63, 3.8) is 0 Å². The third-order valence-corrected chi connectivity index (χ3v) is 3.15. The summed E-state index contributed by atoms with van der Waals surface area (Å²) in [6.45, 7) is 2.36. The SMILES string of the molecule is CC(C)ON=C(CNC(=O)c1cccc2ccccc12)C(F)(F)F. The molecule has 2 aromatic rings.